The van der Waals surface area contributed by atoms with Crippen LogP contribution in [0, 0.1) is 0 Å². The first-order valence-corrected chi connectivity index (χ1v) is 8.72. The lowest BCUT2D eigenvalue weighted by Crippen LogP contribution is -2.14. The number of aromatic amines is 1. The Morgan fingerprint density at radius 2 is 2.00 bits per heavy atom. The first-order valence-electron chi connectivity index (χ1n) is 8.34. The van der Waals surface area contributed by atoms with E-state index in [2.05, 4.69) is 22.2 Å². The number of fused-ring (bicyclic) bond motifs is 1. The predicted molar refractivity (Wildman–Crippen MR) is 100 cm³/mol. The van der Waals surface area contributed by atoms with Gasteiger partial charge in [0, 0.05) is 17.6 Å². The van der Waals surface area contributed by atoms with Gasteiger partial charge in [0.2, 0.25) is 0 Å². The molecule has 0 saturated carbocycles. The Morgan fingerprint density at radius 3 is 2.76 bits per heavy atom. The normalized spacial score (nSPS) is 11.0. The van der Waals surface area contributed by atoms with Gasteiger partial charge in [-0.1, -0.05) is 30.7 Å². The number of aromatic nitrogens is 2. The molecule has 0 amide bonds. The molecule has 1 aromatic heterocycles. The van der Waals surface area contributed by atoms with Gasteiger partial charge in [-0.25, -0.2) is 4.98 Å². The fraction of sp³-hybridized carbons (Fsp3) is 0.316. The average molecular weight is 360 g/mol. The van der Waals surface area contributed by atoms with Crippen molar-refractivity contribution in [1.29, 1.82) is 0 Å². The van der Waals surface area contributed by atoms with Gasteiger partial charge >= 0.3 is 0 Å². The third-order valence-electron chi connectivity index (χ3n) is 3.84. The van der Waals surface area contributed by atoms with Crippen LogP contribution in [0.4, 0.5) is 0 Å². The number of nitrogens with zero attached hydrogens (tertiary/aromatic N) is 1. The molecule has 0 spiro atoms. The Bertz CT molecular complexity index is 815. The highest BCUT2D eigenvalue weighted by Crippen LogP contribution is 2.33. The van der Waals surface area contributed by atoms with Crippen LogP contribution in [0.25, 0.3) is 11.0 Å². The summed E-state index contributed by atoms with van der Waals surface area (Å²) < 4.78 is 11.1. The van der Waals surface area contributed by atoms with Gasteiger partial charge in [-0.15, -0.1) is 0 Å². The zero-order chi connectivity index (χ0) is 17.6. The van der Waals surface area contributed by atoms with Crippen molar-refractivity contribution < 1.29 is 9.47 Å². The molecule has 0 aliphatic heterocycles. The molecule has 132 valence electrons. The SMILES string of the molecule is CCCOc1cc(Cl)c(CNCc2nc3ccccc3[nH]2)cc1OC. The van der Waals surface area contributed by atoms with Crippen molar-refractivity contribution >= 4 is 22.6 Å². The Kier molecular flexibility index (Phi) is 5.79. The smallest absolute Gasteiger partial charge is 0.162 e. The minimum Gasteiger partial charge on any atom is -0.493 e. The summed E-state index contributed by atoms with van der Waals surface area (Å²) in [6, 6.07) is 11.7. The summed E-state index contributed by atoms with van der Waals surface area (Å²) in [5.41, 5.74) is 2.96. The second kappa shape index (κ2) is 8.23. The molecule has 0 fully saturated rings. The van der Waals surface area contributed by atoms with Gasteiger partial charge < -0.3 is 19.8 Å². The van der Waals surface area contributed by atoms with Gasteiger partial charge in [0.1, 0.15) is 5.82 Å². The lowest BCUT2D eigenvalue weighted by molar-refractivity contribution is 0.294. The highest BCUT2D eigenvalue weighted by atomic mass is 35.5. The van der Waals surface area contributed by atoms with E-state index >= 15 is 0 Å². The van der Waals surface area contributed by atoms with E-state index in [9.17, 15) is 0 Å². The largest absolute Gasteiger partial charge is 0.493 e. The first kappa shape index (κ1) is 17.6. The molecule has 3 aromatic rings. The number of para-hydroxylation sites is 2. The maximum atomic E-state index is 6.38. The Morgan fingerprint density at radius 1 is 1.16 bits per heavy atom. The Hall–Kier alpha value is -2.24. The van der Waals surface area contributed by atoms with E-state index in [4.69, 9.17) is 21.1 Å². The highest BCUT2D eigenvalue weighted by Gasteiger charge is 2.11. The fourth-order valence-electron chi connectivity index (χ4n) is 2.60. The lowest BCUT2D eigenvalue weighted by Gasteiger charge is -2.13. The van der Waals surface area contributed by atoms with Crippen molar-refractivity contribution in [3.05, 3.63) is 52.8 Å². The van der Waals surface area contributed by atoms with E-state index in [-0.39, 0.29) is 0 Å². The molecule has 2 aromatic carbocycles. The number of methoxy groups -OCH3 is 1. The third-order valence-corrected chi connectivity index (χ3v) is 4.19. The minimum absolute atomic E-state index is 0.611. The maximum absolute atomic E-state index is 6.38. The van der Waals surface area contributed by atoms with E-state index in [0.29, 0.717) is 36.2 Å². The van der Waals surface area contributed by atoms with E-state index in [1.807, 2.05) is 36.4 Å². The van der Waals surface area contributed by atoms with Gasteiger partial charge in [-0.2, -0.15) is 0 Å². The summed E-state index contributed by atoms with van der Waals surface area (Å²) >= 11 is 6.38. The van der Waals surface area contributed by atoms with Gasteiger partial charge in [0.05, 0.1) is 31.3 Å². The highest BCUT2D eigenvalue weighted by molar-refractivity contribution is 6.31. The predicted octanol–water partition coefficient (Wildman–Crippen LogP) is 4.30. The molecule has 6 heteroatoms. The summed E-state index contributed by atoms with van der Waals surface area (Å²) in [5.74, 6) is 2.26. The number of halogens is 1. The quantitative estimate of drug-likeness (QED) is 0.629. The second-order valence-corrected chi connectivity index (χ2v) is 6.15. The van der Waals surface area contributed by atoms with Gasteiger partial charge in [0.25, 0.3) is 0 Å². The molecule has 0 aliphatic carbocycles. The van der Waals surface area contributed by atoms with Crippen molar-refractivity contribution in [2.75, 3.05) is 13.7 Å². The molecule has 0 bridgehead atoms. The number of hydrogen-bond acceptors (Lipinski definition) is 4. The van der Waals surface area contributed by atoms with Gasteiger partial charge in [-0.05, 0) is 30.2 Å². The van der Waals surface area contributed by atoms with Crippen LogP contribution in [-0.4, -0.2) is 23.7 Å². The van der Waals surface area contributed by atoms with Crippen LogP contribution < -0.4 is 14.8 Å². The van der Waals surface area contributed by atoms with E-state index in [1.54, 1.807) is 7.11 Å². The monoisotopic (exact) mass is 359 g/mol. The number of imidazole rings is 1. The molecule has 1 heterocycles. The molecule has 0 saturated heterocycles. The molecule has 0 atom stereocenters. The average Bonchev–Trinajstić information content (AvgIpc) is 3.04. The number of H-pyrrole nitrogens is 1. The van der Waals surface area contributed by atoms with Gasteiger partial charge in [-0.3, -0.25) is 0 Å². The molecule has 0 aliphatic rings. The first-order chi connectivity index (χ1) is 12.2. The molecule has 5 nitrogen and oxygen atoms in total. The van der Waals surface area contributed by atoms with E-state index in [0.717, 1.165) is 28.8 Å². The van der Waals surface area contributed by atoms with Crippen LogP contribution in [0.2, 0.25) is 5.02 Å². The molecule has 0 unspecified atom stereocenters. The number of hydrogen-bond donors (Lipinski definition) is 2. The molecule has 2 N–H and O–H groups in total. The summed E-state index contributed by atoms with van der Waals surface area (Å²) in [6.07, 6.45) is 0.932. The standard InChI is InChI=1S/C19H22ClN3O2/c1-3-8-25-18-10-14(20)13(9-17(18)24-2)11-21-12-19-22-15-6-4-5-7-16(15)23-19/h4-7,9-10,21H,3,8,11-12H2,1-2H3,(H,22,23). The topological polar surface area (TPSA) is 59.2 Å². The van der Waals surface area contributed by atoms with Crippen LogP contribution >= 0.6 is 11.6 Å². The third kappa shape index (κ3) is 4.24. The summed E-state index contributed by atoms with van der Waals surface area (Å²) in [4.78, 5) is 7.85. The number of nitrogens with one attached hydrogen (secondary N) is 2. The fourth-order valence-corrected chi connectivity index (χ4v) is 2.82. The Balaban J connectivity index is 1.65. The van der Waals surface area contributed by atoms with Crippen molar-refractivity contribution in [3.63, 3.8) is 0 Å². The molecule has 25 heavy (non-hydrogen) atoms. The van der Waals surface area contributed by atoms with Crippen LogP contribution in [0.3, 0.4) is 0 Å². The maximum Gasteiger partial charge on any atom is 0.162 e. The second-order valence-electron chi connectivity index (χ2n) is 5.75. The minimum atomic E-state index is 0.611. The van der Waals surface area contributed by atoms with Crippen molar-refractivity contribution in [2.24, 2.45) is 0 Å². The number of rotatable bonds is 8. The number of ether oxygens (including phenoxy) is 2. The zero-order valence-corrected chi connectivity index (χ0v) is 15.2. The van der Waals surface area contributed by atoms with Crippen molar-refractivity contribution in [1.82, 2.24) is 15.3 Å². The van der Waals surface area contributed by atoms with Crippen molar-refractivity contribution in [3.8, 4) is 11.5 Å². The van der Waals surface area contributed by atoms with Gasteiger partial charge in [0.15, 0.2) is 11.5 Å². The summed E-state index contributed by atoms with van der Waals surface area (Å²) in [6.45, 7) is 3.93. The lowest BCUT2D eigenvalue weighted by atomic mass is 10.2. The van der Waals surface area contributed by atoms with E-state index in [1.165, 1.54) is 0 Å². The van der Waals surface area contributed by atoms with Crippen LogP contribution in [0.5, 0.6) is 11.5 Å². The summed E-state index contributed by atoms with van der Waals surface area (Å²) in [7, 11) is 1.63. The molecule has 0 radical (unpaired) electrons. The van der Waals surface area contributed by atoms with E-state index < -0.39 is 0 Å². The Labute approximate surface area is 152 Å². The molecular formula is C19H22ClN3O2. The summed E-state index contributed by atoms with van der Waals surface area (Å²) in [5, 5.41) is 4.02. The van der Waals surface area contributed by atoms with Crippen LogP contribution in [-0.2, 0) is 13.1 Å². The van der Waals surface area contributed by atoms with Crippen LogP contribution in [0.1, 0.15) is 24.7 Å². The molecule has 3 rings (SSSR count). The number of benzene rings is 2. The zero-order valence-electron chi connectivity index (χ0n) is 14.4. The molecular weight excluding hydrogens is 338 g/mol. The van der Waals surface area contributed by atoms with Crippen LogP contribution in [0.15, 0.2) is 36.4 Å². The van der Waals surface area contributed by atoms with Crippen molar-refractivity contribution in [2.45, 2.75) is 26.4 Å².